The summed E-state index contributed by atoms with van der Waals surface area (Å²) in [6, 6.07) is 4.89. The number of primary sulfonamides is 1. The summed E-state index contributed by atoms with van der Waals surface area (Å²) in [6.45, 7) is 3.12. The van der Waals surface area contributed by atoms with Crippen LogP contribution in [0.4, 0.5) is 13.2 Å². The molecule has 108 valence electrons. The number of halogens is 3. The molecule has 0 spiro atoms. The quantitative estimate of drug-likeness (QED) is 0.928. The van der Waals surface area contributed by atoms with Gasteiger partial charge in [0.15, 0.2) is 0 Å². The maximum Gasteiger partial charge on any atom is 0.416 e. The van der Waals surface area contributed by atoms with Crippen LogP contribution >= 0.6 is 0 Å². The van der Waals surface area contributed by atoms with Gasteiger partial charge in [-0.2, -0.15) is 13.2 Å². The fraction of sp³-hybridized carbons (Fsp3) is 0.500. The zero-order valence-electron chi connectivity index (χ0n) is 10.6. The Balaban J connectivity index is 2.92. The second-order valence-electron chi connectivity index (χ2n) is 4.66. The van der Waals surface area contributed by atoms with E-state index in [-0.39, 0.29) is 12.3 Å². The van der Waals surface area contributed by atoms with Gasteiger partial charge in [-0.1, -0.05) is 25.1 Å². The highest BCUT2D eigenvalue weighted by Crippen LogP contribution is 2.32. The molecule has 19 heavy (non-hydrogen) atoms. The number of hydrogen-bond donors (Lipinski definition) is 1. The zero-order chi connectivity index (χ0) is 14.8. The second-order valence-corrected chi connectivity index (χ2v) is 6.64. The van der Waals surface area contributed by atoms with Crippen molar-refractivity contribution in [2.75, 3.05) is 0 Å². The van der Waals surface area contributed by atoms with Gasteiger partial charge in [-0.15, -0.1) is 0 Å². The van der Waals surface area contributed by atoms with Crippen molar-refractivity contribution in [3.63, 3.8) is 0 Å². The molecule has 0 radical (unpaired) electrons. The largest absolute Gasteiger partial charge is 0.416 e. The number of benzene rings is 1. The van der Waals surface area contributed by atoms with Crippen LogP contribution in [0.5, 0.6) is 0 Å². The SMILES string of the molecule is CC(C[C@H](C)c1cccc(C(F)(F)F)c1)S(N)(=O)=O. The first-order valence-corrected chi connectivity index (χ1v) is 7.31. The molecule has 2 N–H and O–H groups in total. The lowest BCUT2D eigenvalue weighted by atomic mass is 9.95. The van der Waals surface area contributed by atoms with Gasteiger partial charge in [0.1, 0.15) is 0 Å². The highest BCUT2D eigenvalue weighted by Gasteiger charge is 2.31. The minimum Gasteiger partial charge on any atom is -0.228 e. The van der Waals surface area contributed by atoms with Crippen molar-refractivity contribution >= 4 is 10.0 Å². The molecular weight excluding hydrogens is 279 g/mol. The predicted molar refractivity (Wildman–Crippen MR) is 67.0 cm³/mol. The summed E-state index contributed by atoms with van der Waals surface area (Å²) in [7, 11) is -3.67. The molecule has 0 aliphatic heterocycles. The first-order valence-electron chi connectivity index (χ1n) is 5.70. The summed E-state index contributed by atoms with van der Waals surface area (Å²) < 4.78 is 59.9. The van der Waals surface area contributed by atoms with Crippen molar-refractivity contribution in [1.82, 2.24) is 0 Å². The summed E-state index contributed by atoms with van der Waals surface area (Å²) in [5.41, 5.74) is -0.287. The first kappa shape index (κ1) is 16.0. The number of nitrogens with two attached hydrogens (primary N) is 1. The average Bonchev–Trinajstić information content (AvgIpc) is 2.26. The van der Waals surface area contributed by atoms with Gasteiger partial charge in [0.05, 0.1) is 10.8 Å². The standard InChI is InChI=1S/C12H16F3NO2S/c1-8(6-9(2)19(16,17)18)10-4-3-5-11(7-10)12(13,14)15/h3-5,7-9H,6H2,1-2H3,(H2,16,17,18)/t8-,9?/m0/s1. The minimum absolute atomic E-state index is 0.181. The lowest BCUT2D eigenvalue weighted by Crippen LogP contribution is -2.27. The van der Waals surface area contributed by atoms with Crippen molar-refractivity contribution < 1.29 is 21.6 Å². The van der Waals surface area contributed by atoms with E-state index in [1.807, 2.05) is 0 Å². The summed E-state index contributed by atoms with van der Waals surface area (Å²) in [5.74, 6) is -0.323. The Bertz CT molecular complexity index is 540. The molecule has 0 aliphatic rings. The van der Waals surface area contributed by atoms with Crippen LogP contribution in [0.1, 0.15) is 37.3 Å². The molecule has 1 rings (SSSR count). The van der Waals surface area contributed by atoms with Gasteiger partial charge < -0.3 is 0 Å². The Morgan fingerprint density at radius 2 is 1.84 bits per heavy atom. The summed E-state index contributed by atoms with van der Waals surface area (Å²) in [6.07, 6.45) is -4.22. The van der Waals surface area contributed by atoms with E-state index < -0.39 is 27.0 Å². The average molecular weight is 295 g/mol. The van der Waals surface area contributed by atoms with Crippen LogP contribution in [0.15, 0.2) is 24.3 Å². The van der Waals surface area contributed by atoms with Crippen molar-refractivity contribution in [2.24, 2.45) is 5.14 Å². The van der Waals surface area contributed by atoms with E-state index in [1.165, 1.54) is 13.0 Å². The molecule has 0 aliphatic carbocycles. The lowest BCUT2D eigenvalue weighted by Gasteiger charge is -2.17. The maximum absolute atomic E-state index is 12.6. The van der Waals surface area contributed by atoms with E-state index >= 15 is 0 Å². The van der Waals surface area contributed by atoms with Gasteiger partial charge in [-0.3, -0.25) is 0 Å². The molecule has 2 atom stereocenters. The minimum atomic E-state index is -4.40. The molecule has 0 amide bonds. The lowest BCUT2D eigenvalue weighted by molar-refractivity contribution is -0.137. The van der Waals surface area contributed by atoms with Crippen LogP contribution in [-0.2, 0) is 16.2 Å². The van der Waals surface area contributed by atoms with E-state index in [0.717, 1.165) is 12.1 Å². The normalized spacial score (nSPS) is 16.1. The van der Waals surface area contributed by atoms with E-state index in [0.29, 0.717) is 5.56 Å². The number of sulfonamides is 1. The molecule has 0 saturated heterocycles. The molecule has 0 saturated carbocycles. The molecule has 3 nitrogen and oxygen atoms in total. The molecule has 1 aromatic carbocycles. The zero-order valence-corrected chi connectivity index (χ0v) is 11.4. The highest BCUT2D eigenvalue weighted by molar-refractivity contribution is 7.89. The molecular formula is C12H16F3NO2S. The van der Waals surface area contributed by atoms with Crippen molar-refractivity contribution in [3.8, 4) is 0 Å². The van der Waals surface area contributed by atoms with E-state index in [1.54, 1.807) is 13.0 Å². The Morgan fingerprint density at radius 3 is 2.32 bits per heavy atom. The number of alkyl halides is 3. The fourth-order valence-corrected chi connectivity index (χ4v) is 2.35. The molecule has 0 fully saturated rings. The molecule has 7 heteroatoms. The third kappa shape index (κ3) is 4.50. The summed E-state index contributed by atoms with van der Waals surface area (Å²) in [5, 5.41) is 4.20. The van der Waals surface area contributed by atoms with Crippen LogP contribution < -0.4 is 5.14 Å². The summed E-state index contributed by atoms with van der Waals surface area (Å²) >= 11 is 0. The first-order chi connectivity index (χ1) is 8.51. The highest BCUT2D eigenvalue weighted by atomic mass is 32.2. The van der Waals surface area contributed by atoms with Crippen molar-refractivity contribution in [2.45, 2.75) is 37.6 Å². The fourth-order valence-electron chi connectivity index (χ4n) is 1.79. The second kappa shape index (κ2) is 5.50. The molecule has 0 heterocycles. The van der Waals surface area contributed by atoms with Crippen molar-refractivity contribution in [1.29, 1.82) is 0 Å². The van der Waals surface area contributed by atoms with Crippen LogP contribution in [0.25, 0.3) is 0 Å². The van der Waals surface area contributed by atoms with Gasteiger partial charge >= 0.3 is 6.18 Å². The molecule has 0 bridgehead atoms. The van der Waals surface area contributed by atoms with Gasteiger partial charge in [0.25, 0.3) is 0 Å². The van der Waals surface area contributed by atoms with Gasteiger partial charge in [-0.05, 0) is 30.9 Å². The van der Waals surface area contributed by atoms with E-state index in [2.05, 4.69) is 0 Å². The Kier molecular flexibility index (Phi) is 4.63. The third-order valence-electron chi connectivity index (χ3n) is 3.03. The Labute approximate surface area is 110 Å². The van der Waals surface area contributed by atoms with E-state index in [4.69, 9.17) is 5.14 Å². The predicted octanol–water partition coefficient (Wildman–Crippen LogP) is 2.88. The van der Waals surface area contributed by atoms with E-state index in [9.17, 15) is 21.6 Å². The summed E-state index contributed by atoms with van der Waals surface area (Å²) in [4.78, 5) is 0. The molecule has 0 aromatic heterocycles. The third-order valence-corrected chi connectivity index (χ3v) is 4.34. The smallest absolute Gasteiger partial charge is 0.228 e. The van der Waals surface area contributed by atoms with Crippen LogP contribution in [-0.4, -0.2) is 13.7 Å². The maximum atomic E-state index is 12.6. The topological polar surface area (TPSA) is 60.2 Å². The van der Waals surface area contributed by atoms with Crippen LogP contribution in [0.3, 0.4) is 0 Å². The van der Waals surface area contributed by atoms with Gasteiger partial charge in [0.2, 0.25) is 10.0 Å². The Morgan fingerprint density at radius 1 is 1.26 bits per heavy atom. The Hall–Kier alpha value is -1.08. The van der Waals surface area contributed by atoms with Crippen LogP contribution in [0, 0.1) is 0 Å². The molecule has 1 unspecified atom stereocenters. The van der Waals surface area contributed by atoms with Crippen molar-refractivity contribution in [3.05, 3.63) is 35.4 Å². The number of hydrogen-bond acceptors (Lipinski definition) is 2. The van der Waals surface area contributed by atoms with Crippen LogP contribution in [0.2, 0.25) is 0 Å². The monoisotopic (exact) mass is 295 g/mol. The number of rotatable bonds is 4. The molecule has 1 aromatic rings. The van der Waals surface area contributed by atoms with Gasteiger partial charge in [0, 0.05) is 0 Å². The van der Waals surface area contributed by atoms with Gasteiger partial charge in [-0.25, -0.2) is 13.6 Å².